The molecule has 0 saturated heterocycles. The van der Waals surface area contributed by atoms with Gasteiger partial charge in [-0.05, 0) is 80.6 Å². The highest BCUT2D eigenvalue weighted by molar-refractivity contribution is 6.14. The van der Waals surface area contributed by atoms with Gasteiger partial charge in [0.25, 0.3) is 0 Å². The second-order valence-corrected chi connectivity index (χ2v) is 14.8. The molecule has 58 heavy (non-hydrogen) atoms. The summed E-state index contributed by atoms with van der Waals surface area (Å²) in [5.41, 5.74) is 15.9. The fraction of sp³-hybridized carbons (Fsp3) is 0. The van der Waals surface area contributed by atoms with Crippen LogP contribution in [0.4, 0.5) is 0 Å². The number of aromatic nitrogens is 3. The number of pyridine rings is 3. The van der Waals surface area contributed by atoms with Gasteiger partial charge in [0.1, 0.15) is 0 Å². The van der Waals surface area contributed by atoms with Crippen LogP contribution in [0, 0.1) is 0 Å². The summed E-state index contributed by atoms with van der Waals surface area (Å²) >= 11 is 0. The van der Waals surface area contributed by atoms with Crippen molar-refractivity contribution in [3.63, 3.8) is 0 Å². The van der Waals surface area contributed by atoms with Gasteiger partial charge in [0.15, 0.2) is 0 Å². The Bertz CT molecular complexity index is 3290. The SMILES string of the molecule is c1ccc(-c2cc(-c3ccc(-c4ccc(-c5cc6ccc(-c7ccccc7)nc6c6nc(-c7ccccc7)ccc56)cc4)cc3)c3c(ccc4ccccc43)n2)cc1. The molecule has 0 aliphatic rings. The van der Waals surface area contributed by atoms with Crippen molar-refractivity contribution >= 4 is 43.5 Å². The number of hydrogen-bond acceptors (Lipinski definition) is 3. The molecule has 11 rings (SSSR count). The summed E-state index contributed by atoms with van der Waals surface area (Å²) in [6.07, 6.45) is 0. The van der Waals surface area contributed by atoms with Gasteiger partial charge in [0.2, 0.25) is 0 Å². The molecular weight excluding hydrogens is 703 g/mol. The summed E-state index contributed by atoms with van der Waals surface area (Å²) in [4.78, 5) is 15.6. The Morgan fingerprint density at radius 1 is 0.259 bits per heavy atom. The molecule has 0 spiro atoms. The molecule has 0 aliphatic carbocycles. The zero-order chi connectivity index (χ0) is 38.4. The highest BCUT2D eigenvalue weighted by atomic mass is 14.8. The Hall–Kier alpha value is -7.75. The zero-order valence-electron chi connectivity index (χ0n) is 31.5. The first kappa shape index (κ1) is 33.6. The normalized spacial score (nSPS) is 11.4. The molecule has 3 aromatic heterocycles. The van der Waals surface area contributed by atoms with Crippen molar-refractivity contribution in [3.05, 3.63) is 212 Å². The van der Waals surface area contributed by atoms with Gasteiger partial charge in [-0.2, -0.15) is 0 Å². The molecule has 3 nitrogen and oxygen atoms in total. The fourth-order valence-corrected chi connectivity index (χ4v) is 8.32. The van der Waals surface area contributed by atoms with Crippen molar-refractivity contribution in [2.24, 2.45) is 0 Å². The summed E-state index contributed by atoms with van der Waals surface area (Å²) in [5.74, 6) is 0. The van der Waals surface area contributed by atoms with E-state index in [1.807, 2.05) is 18.2 Å². The van der Waals surface area contributed by atoms with Crippen molar-refractivity contribution in [3.8, 4) is 67.2 Å². The van der Waals surface area contributed by atoms with Crippen LogP contribution in [-0.2, 0) is 0 Å². The van der Waals surface area contributed by atoms with Crippen LogP contribution < -0.4 is 0 Å². The molecule has 0 amide bonds. The van der Waals surface area contributed by atoms with Crippen LogP contribution in [0.5, 0.6) is 0 Å². The average Bonchev–Trinajstić information content (AvgIpc) is 3.31. The molecule has 8 aromatic carbocycles. The van der Waals surface area contributed by atoms with Crippen LogP contribution in [0.2, 0.25) is 0 Å². The Morgan fingerprint density at radius 3 is 1.40 bits per heavy atom. The standard InChI is InChI=1S/C55H35N3/c1-4-13-41(14-5-1)49-31-29-44-34-47(46-30-33-50(42-15-6-2-7-16-42)58-55(46)54(44)57-49)39-24-20-36(21-25-39)37-22-26-40(27-23-37)48-35-52(43-17-8-3-9-18-43)56-51-32-28-38-12-10-11-19-45(38)53(48)51/h1-35H. The van der Waals surface area contributed by atoms with Gasteiger partial charge in [-0.3, -0.25) is 0 Å². The van der Waals surface area contributed by atoms with Gasteiger partial charge in [0, 0.05) is 32.8 Å². The lowest BCUT2D eigenvalue weighted by atomic mass is 9.92. The maximum Gasteiger partial charge on any atom is 0.0978 e. The van der Waals surface area contributed by atoms with Gasteiger partial charge in [-0.25, -0.2) is 15.0 Å². The van der Waals surface area contributed by atoms with Crippen LogP contribution >= 0.6 is 0 Å². The number of fused-ring (bicyclic) bond motifs is 6. The number of benzene rings is 8. The molecule has 0 bridgehead atoms. The predicted molar refractivity (Wildman–Crippen MR) is 242 cm³/mol. The number of hydrogen-bond donors (Lipinski definition) is 0. The van der Waals surface area contributed by atoms with Gasteiger partial charge in [0.05, 0.1) is 33.6 Å². The second-order valence-electron chi connectivity index (χ2n) is 14.8. The Morgan fingerprint density at radius 2 is 0.759 bits per heavy atom. The maximum absolute atomic E-state index is 5.28. The summed E-state index contributed by atoms with van der Waals surface area (Å²) in [6.45, 7) is 0. The van der Waals surface area contributed by atoms with E-state index in [0.717, 1.165) is 88.9 Å². The Kier molecular flexibility index (Phi) is 8.15. The second kappa shape index (κ2) is 14.1. The predicted octanol–water partition coefficient (Wildman–Crippen LogP) is 14.5. The summed E-state index contributed by atoms with van der Waals surface area (Å²) in [7, 11) is 0. The minimum absolute atomic E-state index is 0.901. The lowest BCUT2D eigenvalue weighted by Crippen LogP contribution is -1.93. The molecule has 270 valence electrons. The quantitative estimate of drug-likeness (QED) is 0.160. The van der Waals surface area contributed by atoms with Crippen LogP contribution in [0.25, 0.3) is 111 Å². The van der Waals surface area contributed by atoms with E-state index < -0.39 is 0 Å². The Labute approximate surface area is 336 Å². The van der Waals surface area contributed by atoms with E-state index in [9.17, 15) is 0 Å². The molecule has 3 heteroatoms. The lowest BCUT2D eigenvalue weighted by molar-refractivity contribution is 1.36. The fourth-order valence-electron chi connectivity index (χ4n) is 8.32. The summed E-state index contributed by atoms with van der Waals surface area (Å²) in [5, 5.41) is 5.73. The molecule has 11 aromatic rings. The van der Waals surface area contributed by atoms with Crippen molar-refractivity contribution in [2.75, 3.05) is 0 Å². The molecule has 0 unspecified atom stereocenters. The van der Waals surface area contributed by atoms with E-state index in [0.29, 0.717) is 0 Å². The summed E-state index contributed by atoms with van der Waals surface area (Å²) < 4.78 is 0. The largest absolute Gasteiger partial charge is 0.248 e. The van der Waals surface area contributed by atoms with Gasteiger partial charge in [-0.15, -0.1) is 0 Å². The van der Waals surface area contributed by atoms with E-state index in [2.05, 4.69) is 194 Å². The molecule has 0 aliphatic heterocycles. The third-order valence-corrected chi connectivity index (χ3v) is 11.3. The van der Waals surface area contributed by atoms with Crippen LogP contribution in [0.1, 0.15) is 0 Å². The highest BCUT2D eigenvalue weighted by Gasteiger charge is 2.16. The summed E-state index contributed by atoms with van der Waals surface area (Å²) in [6, 6.07) is 75.1. The van der Waals surface area contributed by atoms with E-state index in [-0.39, 0.29) is 0 Å². The minimum atomic E-state index is 0.901. The van der Waals surface area contributed by atoms with E-state index in [1.54, 1.807) is 0 Å². The molecular formula is C55H35N3. The van der Waals surface area contributed by atoms with E-state index in [1.165, 1.54) is 21.7 Å². The molecule has 0 fully saturated rings. The van der Waals surface area contributed by atoms with Crippen LogP contribution in [0.15, 0.2) is 212 Å². The van der Waals surface area contributed by atoms with Crippen molar-refractivity contribution in [1.29, 1.82) is 0 Å². The van der Waals surface area contributed by atoms with Crippen molar-refractivity contribution < 1.29 is 0 Å². The third kappa shape index (κ3) is 5.98. The van der Waals surface area contributed by atoms with Crippen LogP contribution in [0.3, 0.4) is 0 Å². The van der Waals surface area contributed by atoms with E-state index >= 15 is 0 Å². The zero-order valence-corrected chi connectivity index (χ0v) is 31.5. The van der Waals surface area contributed by atoms with Crippen LogP contribution in [-0.4, -0.2) is 15.0 Å². The number of nitrogens with zero attached hydrogens (tertiary/aromatic N) is 3. The topological polar surface area (TPSA) is 38.7 Å². The van der Waals surface area contributed by atoms with Crippen molar-refractivity contribution in [2.45, 2.75) is 0 Å². The molecule has 0 saturated carbocycles. The molecule has 0 radical (unpaired) electrons. The maximum atomic E-state index is 5.28. The van der Waals surface area contributed by atoms with Crippen molar-refractivity contribution in [1.82, 2.24) is 15.0 Å². The first-order valence-corrected chi connectivity index (χ1v) is 19.7. The Balaban J connectivity index is 0.987. The van der Waals surface area contributed by atoms with Gasteiger partial charge >= 0.3 is 0 Å². The first-order chi connectivity index (χ1) is 28.7. The molecule has 3 heterocycles. The first-order valence-electron chi connectivity index (χ1n) is 19.7. The third-order valence-electron chi connectivity index (χ3n) is 11.3. The average molecular weight is 738 g/mol. The van der Waals surface area contributed by atoms with Gasteiger partial charge < -0.3 is 0 Å². The monoisotopic (exact) mass is 737 g/mol. The lowest BCUT2D eigenvalue weighted by Gasteiger charge is -2.14. The molecule has 0 atom stereocenters. The molecule has 0 N–H and O–H groups in total. The number of rotatable bonds is 6. The van der Waals surface area contributed by atoms with E-state index in [4.69, 9.17) is 15.0 Å². The highest BCUT2D eigenvalue weighted by Crippen LogP contribution is 2.39. The minimum Gasteiger partial charge on any atom is -0.248 e. The van der Waals surface area contributed by atoms with Gasteiger partial charge in [-0.1, -0.05) is 176 Å². The smallest absolute Gasteiger partial charge is 0.0978 e.